The Morgan fingerprint density at radius 1 is 1.29 bits per heavy atom. The molecule has 1 aliphatic rings. The van der Waals surface area contributed by atoms with Crippen LogP contribution in [0.4, 0.5) is 0 Å². The van der Waals surface area contributed by atoms with Gasteiger partial charge in [-0.2, -0.15) is 0 Å². The van der Waals surface area contributed by atoms with Gasteiger partial charge in [-0.3, -0.25) is 0 Å². The molecule has 3 rings (SSSR count). The quantitative estimate of drug-likeness (QED) is 0.725. The van der Waals surface area contributed by atoms with E-state index in [4.69, 9.17) is 0 Å². The molecule has 1 aliphatic heterocycles. The molecule has 0 atom stereocenters. The van der Waals surface area contributed by atoms with Crippen molar-refractivity contribution >= 4 is 20.9 Å². The van der Waals surface area contributed by atoms with Crippen molar-refractivity contribution in [1.82, 2.24) is 4.98 Å². The molecule has 1 fully saturated rings. The smallest absolute Gasteiger partial charge is 0.0457 e. The Morgan fingerprint density at radius 3 is 2.86 bits per heavy atom. The van der Waals surface area contributed by atoms with Crippen LogP contribution in [0.2, 0.25) is 0 Å². The molecule has 0 spiro atoms. The van der Waals surface area contributed by atoms with E-state index in [1.54, 1.807) is 0 Å². The summed E-state index contributed by atoms with van der Waals surface area (Å²) in [6.07, 6.45) is 4.66. The van der Waals surface area contributed by atoms with Gasteiger partial charge < -0.3 is 4.98 Å². The Hall–Kier alpha value is -0.890. The highest BCUT2D eigenvalue weighted by Gasteiger charge is 2.31. The zero-order valence-electron chi connectivity index (χ0n) is 8.42. The number of hydrogen-bond donors (Lipinski definition) is 1. The maximum absolute atomic E-state index is 3.35. The summed E-state index contributed by atoms with van der Waals surface area (Å²) in [7, 11) is -0.209. The molecule has 14 heavy (non-hydrogen) atoms. The summed E-state index contributed by atoms with van der Waals surface area (Å²) in [5, 5.41) is 1.42. The van der Waals surface area contributed by atoms with E-state index in [0.717, 1.165) is 0 Å². The van der Waals surface area contributed by atoms with Gasteiger partial charge in [-0.05, 0) is 29.4 Å². The van der Waals surface area contributed by atoms with Crippen molar-refractivity contribution in [3.05, 3.63) is 36.0 Å². The van der Waals surface area contributed by atoms with Gasteiger partial charge in [0.1, 0.15) is 0 Å². The van der Waals surface area contributed by atoms with E-state index in [1.807, 2.05) is 0 Å². The zero-order valence-corrected chi connectivity index (χ0v) is 9.23. The SMILES string of the molecule is CS1(Cc2c[nH]c3ccccc23)CC1. The molecule has 1 aromatic heterocycles. The van der Waals surface area contributed by atoms with Crippen molar-refractivity contribution in [3.8, 4) is 0 Å². The Bertz CT molecular complexity index is 468. The number of aromatic nitrogens is 1. The van der Waals surface area contributed by atoms with Gasteiger partial charge in [-0.15, -0.1) is 0 Å². The summed E-state index contributed by atoms with van der Waals surface area (Å²) in [4.78, 5) is 3.35. The van der Waals surface area contributed by atoms with Crippen LogP contribution in [0.1, 0.15) is 5.56 Å². The predicted molar refractivity (Wildman–Crippen MR) is 65.3 cm³/mol. The molecule has 0 radical (unpaired) electrons. The molecule has 0 unspecified atom stereocenters. The first-order chi connectivity index (χ1) is 6.77. The molecular formula is C12H15NS. The van der Waals surface area contributed by atoms with E-state index >= 15 is 0 Å². The van der Waals surface area contributed by atoms with Crippen molar-refractivity contribution in [1.29, 1.82) is 0 Å². The van der Waals surface area contributed by atoms with Gasteiger partial charge in [0.15, 0.2) is 0 Å². The van der Waals surface area contributed by atoms with E-state index in [-0.39, 0.29) is 10.0 Å². The molecular weight excluding hydrogens is 190 g/mol. The number of benzene rings is 1. The summed E-state index contributed by atoms with van der Waals surface area (Å²) in [6, 6.07) is 8.61. The van der Waals surface area contributed by atoms with Gasteiger partial charge in [0.2, 0.25) is 0 Å². The van der Waals surface area contributed by atoms with Gasteiger partial charge in [-0.25, -0.2) is 10.0 Å². The fourth-order valence-corrected chi connectivity index (χ4v) is 4.33. The fraction of sp³-hybridized carbons (Fsp3) is 0.333. The minimum absolute atomic E-state index is 0.209. The first-order valence-electron chi connectivity index (χ1n) is 5.03. The van der Waals surface area contributed by atoms with E-state index < -0.39 is 0 Å². The Labute approximate surface area is 85.8 Å². The number of H-pyrrole nitrogens is 1. The standard InChI is InChI=1S/C12H15NS/c1-14(6-7-14)9-10-8-13-12-5-3-2-4-11(10)12/h2-5,8,13H,6-7,9H2,1H3. The van der Waals surface area contributed by atoms with Crippen LogP contribution >= 0.6 is 10.0 Å². The Balaban J connectivity index is 2.04. The second kappa shape index (κ2) is 2.80. The van der Waals surface area contributed by atoms with Gasteiger partial charge in [0.25, 0.3) is 0 Å². The number of fused-ring (bicyclic) bond motifs is 1. The van der Waals surface area contributed by atoms with Crippen LogP contribution in [0, 0.1) is 0 Å². The maximum atomic E-state index is 3.35. The van der Waals surface area contributed by atoms with Crippen molar-refractivity contribution < 1.29 is 0 Å². The number of hydrogen-bond acceptors (Lipinski definition) is 0. The predicted octanol–water partition coefficient (Wildman–Crippen LogP) is 3.12. The zero-order chi connectivity index (χ0) is 9.60. The van der Waals surface area contributed by atoms with Crippen LogP contribution in [0.5, 0.6) is 0 Å². The number of aromatic amines is 1. The lowest BCUT2D eigenvalue weighted by Crippen LogP contribution is -1.84. The number of rotatable bonds is 2. The molecule has 0 bridgehead atoms. The fourth-order valence-electron chi connectivity index (χ4n) is 1.91. The largest absolute Gasteiger partial charge is 0.361 e. The topological polar surface area (TPSA) is 15.8 Å². The lowest BCUT2D eigenvalue weighted by atomic mass is 10.2. The molecule has 74 valence electrons. The number of nitrogens with one attached hydrogen (secondary N) is 1. The average Bonchev–Trinajstić information content (AvgIpc) is 2.77. The van der Waals surface area contributed by atoms with Crippen molar-refractivity contribution in [3.63, 3.8) is 0 Å². The summed E-state index contributed by atoms with van der Waals surface area (Å²) in [5.41, 5.74) is 2.81. The van der Waals surface area contributed by atoms with E-state index in [9.17, 15) is 0 Å². The first kappa shape index (κ1) is 8.42. The van der Waals surface area contributed by atoms with Gasteiger partial charge in [0.05, 0.1) is 0 Å². The van der Waals surface area contributed by atoms with E-state index in [2.05, 4.69) is 41.7 Å². The van der Waals surface area contributed by atoms with Crippen molar-refractivity contribution in [2.24, 2.45) is 0 Å². The molecule has 1 N–H and O–H groups in total. The molecule has 1 nitrogen and oxygen atoms in total. The second-order valence-electron chi connectivity index (χ2n) is 4.39. The lowest BCUT2D eigenvalue weighted by molar-refractivity contribution is 1.39. The van der Waals surface area contributed by atoms with Crippen LogP contribution in [-0.4, -0.2) is 22.7 Å². The minimum atomic E-state index is -0.209. The highest BCUT2D eigenvalue weighted by Crippen LogP contribution is 2.60. The molecule has 0 saturated carbocycles. The minimum Gasteiger partial charge on any atom is -0.361 e. The van der Waals surface area contributed by atoms with Crippen LogP contribution in [0.3, 0.4) is 0 Å². The normalized spacial score (nSPS) is 20.9. The summed E-state index contributed by atoms with van der Waals surface area (Å²) in [5.74, 6) is 4.27. The summed E-state index contributed by atoms with van der Waals surface area (Å²) in [6.45, 7) is 0. The van der Waals surface area contributed by atoms with Crippen molar-refractivity contribution in [2.45, 2.75) is 5.75 Å². The van der Waals surface area contributed by atoms with Gasteiger partial charge in [0, 0.05) is 22.9 Å². The third kappa shape index (κ3) is 1.34. The Morgan fingerprint density at radius 2 is 2.07 bits per heavy atom. The monoisotopic (exact) mass is 205 g/mol. The molecule has 2 heterocycles. The first-order valence-corrected chi connectivity index (χ1v) is 7.58. The van der Waals surface area contributed by atoms with E-state index in [1.165, 1.54) is 33.7 Å². The van der Waals surface area contributed by atoms with Gasteiger partial charge >= 0.3 is 0 Å². The molecule has 0 aliphatic carbocycles. The van der Waals surface area contributed by atoms with Crippen LogP contribution in [0.15, 0.2) is 30.5 Å². The Kier molecular flexibility index (Phi) is 1.68. The maximum Gasteiger partial charge on any atom is 0.0457 e. The third-order valence-electron chi connectivity index (χ3n) is 3.08. The van der Waals surface area contributed by atoms with Crippen molar-refractivity contribution in [2.75, 3.05) is 17.8 Å². The average molecular weight is 205 g/mol. The van der Waals surface area contributed by atoms with Crippen LogP contribution < -0.4 is 0 Å². The molecule has 1 saturated heterocycles. The second-order valence-corrected chi connectivity index (χ2v) is 8.45. The molecule has 2 aromatic rings. The molecule has 0 amide bonds. The summed E-state index contributed by atoms with van der Waals surface area (Å²) >= 11 is 0. The van der Waals surface area contributed by atoms with Crippen LogP contribution in [-0.2, 0) is 5.75 Å². The number of para-hydroxylation sites is 1. The molecule has 2 heteroatoms. The van der Waals surface area contributed by atoms with Gasteiger partial charge in [-0.1, -0.05) is 18.2 Å². The third-order valence-corrected chi connectivity index (χ3v) is 5.89. The van der Waals surface area contributed by atoms with Crippen LogP contribution in [0.25, 0.3) is 10.9 Å². The highest BCUT2D eigenvalue weighted by atomic mass is 32.3. The van der Waals surface area contributed by atoms with E-state index in [0.29, 0.717) is 0 Å². The highest BCUT2D eigenvalue weighted by molar-refractivity contribution is 8.38. The summed E-state index contributed by atoms with van der Waals surface area (Å²) < 4.78 is 0. The lowest BCUT2D eigenvalue weighted by Gasteiger charge is -2.11. The molecule has 1 aromatic carbocycles.